The van der Waals surface area contributed by atoms with Gasteiger partial charge in [-0.15, -0.1) is 4.40 Å². The van der Waals surface area contributed by atoms with Gasteiger partial charge < -0.3 is 10.2 Å². The van der Waals surface area contributed by atoms with Gasteiger partial charge in [-0.2, -0.15) is 8.42 Å². The third-order valence-corrected chi connectivity index (χ3v) is 7.22. The molecular formula is C23H27N3O3S. The SMILES string of the molecule is CC[C@H](CNC(=O)c1ccc2c(c1)S(=O)(=O)N=C1CCCCCN12)c1ccccc1. The van der Waals surface area contributed by atoms with Crippen LogP contribution in [0, 0.1) is 0 Å². The molecular weight excluding hydrogens is 398 g/mol. The Morgan fingerprint density at radius 3 is 2.70 bits per heavy atom. The van der Waals surface area contributed by atoms with Gasteiger partial charge in [-0.1, -0.05) is 43.7 Å². The zero-order chi connectivity index (χ0) is 21.1. The highest BCUT2D eigenvalue weighted by Gasteiger charge is 2.32. The first-order valence-electron chi connectivity index (χ1n) is 10.6. The lowest BCUT2D eigenvalue weighted by Gasteiger charge is -2.29. The average Bonchev–Trinajstić information content (AvgIpc) is 2.99. The highest BCUT2D eigenvalue weighted by molar-refractivity contribution is 7.90. The quantitative estimate of drug-likeness (QED) is 0.783. The lowest BCUT2D eigenvalue weighted by Crippen LogP contribution is -2.35. The van der Waals surface area contributed by atoms with Crippen molar-refractivity contribution in [1.29, 1.82) is 0 Å². The van der Waals surface area contributed by atoms with E-state index in [2.05, 4.69) is 28.8 Å². The summed E-state index contributed by atoms with van der Waals surface area (Å²) in [7, 11) is -3.80. The molecule has 158 valence electrons. The normalized spacial score (nSPS) is 18.4. The maximum Gasteiger partial charge on any atom is 0.286 e. The second kappa shape index (κ2) is 8.60. The monoisotopic (exact) mass is 425 g/mol. The zero-order valence-corrected chi connectivity index (χ0v) is 18.0. The van der Waals surface area contributed by atoms with Gasteiger partial charge in [0.25, 0.3) is 15.9 Å². The van der Waals surface area contributed by atoms with Gasteiger partial charge in [-0.25, -0.2) is 0 Å². The molecule has 1 fully saturated rings. The van der Waals surface area contributed by atoms with Gasteiger partial charge >= 0.3 is 0 Å². The van der Waals surface area contributed by atoms with E-state index in [9.17, 15) is 13.2 Å². The molecule has 2 aromatic carbocycles. The molecule has 2 aliphatic rings. The molecule has 4 rings (SSSR count). The first kappa shape index (κ1) is 20.6. The van der Waals surface area contributed by atoms with E-state index in [1.807, 2.05) is 23.1 Å². The number of anilines is 1. The summed E-state index contributed by atoms with van der Waals surface area (Å²) in [6, 6.07) is 15.0. The Bertz CT molecular complexity index is 1060. The minimum Gasteiger partial charge on any atom is -0.351 e. The maximum absolute atomic E-state index is 12.8. The molecule has 1 atom stereocenters. The van der Waals surface area contributed by atoms with Gasteiger partial charge in [0, 0.05) is 31.0 Å². The van der Waals surface area contributed by atoms with Crippen LogP contribution in [0.3, 0.4) is 0 Å². The maximum atomic E-state index is 12.8. The highest BCUT2D eigenvalue weighted by Crippen LogP contribution is 2.35. The molecule has 0 spiro atoms. The molecule has 0 aliphatic carbocycles. The number of amides is 1. The third-order valence-electron chi connectivity index (χ3n) is 5.88. The first-order valence-corrected chi connectivity index (χ1v) is 12.0. The molecule has 0 bridgehead atoms. The topological polar surface area (TPSA) is 78.8 Å². The Balaban J connectivity index is 1.55. The molecule has 1 N–H and O–H groups in total. The minimum absolute atomic E-state index is 0.121. The van der Waals surface area contributed by atoms with Crippen LogP contribution in [-0.4, -0.2) is 33.3 Å². The number of nitrogens with zero attached hydrogens (tertiary/aromatic N) is 2. The summed E-state index contributed by atoms with van der Waals surface area (Å²) < 4.78 is 29.6. The van der Waals surface area contributed by atoms with Crippen molar-refractivity contribution in [3.63, 3.8) is 0 Å². The molecule has 0 saturated carbocycles. The largest absolute Gasteiger partial charge is 0.351 e. The van der Waals surface area contributed by atoms with Crippen LogP contribution in [0.5, 0.6) is 0 Å². The number of fused-ring (bicyclic) bond motifs is 3. The fourth-order valence-electron chi connectivity index (χ4n) is 4.16. The van der Waals surface area contributed by atoms with Crippen LogP contribution in [0.4, 0.5) is 5.69 Å². The van der Waals surface area contributed by atoms with Crippen molar-refractivity contribution in [3.05, 3.63) is 59.7 Å². The Hall–Kier alpha value is -2.67. The van der Waals surface area contributed by atoms with E-state index in [4.69, 9.17) is 0 Å². The summed E-state index contributed by atoms with van der Waals surface area (Å²) in [6.07, 6.45) is 4.57. The molecule has 0 unspecified atom stereocenters. The number of benzene rings is 2. The number of rotatable bonds is 5. The van der Waals surface area contributed by atoms with Crippen LogP contribution in [0.15, 0.2) is 57.8 Å². The van der Waals surface area contributed by atoms with Crippen LogP contribution >= 0.6 is 0 Å². The molecule has 2 aromatic rings. The van der Waals surface area contributed by atoms with Crippen LogP contribution in [0.25, 0.3) is 0 Å². The molecule has 2 heterocycles. The number of nitrogens with one attached hydrogen (secondary N) is 1. The molecule has 1 amide bonds. The molecule has 2 aliphatic heterocycles. The summed E-state index contributed by atoms with van der Waals surface area (Å²) in [5.74, 6) is 0.555. The number of hydrogen-bond acceptors (Lipinski definition) is 4. The van der Waals surface area contributed by atoms with Gasteiger partial charge in [0.15, 0.2) is 0 Å². The van der Waals surface area contributed by atoms with Gasteiger partial charge in [0.2, 0.25) is 0 Å². The fraction of sp³-hybridized carbons (Fsp3) is 0.391. The highest BCUT2D eigenvalue weighted by atomic mass is 32.2. The van der Waals surface area contributed by atoms with Crippen molar-refractivity contribution in [2.24, 2.45) is 4.40 Å². The Morgan fingerprint density at radius 1 is 1.13 bits per heavy atom. The van der Waals surface area contributed by atoms with Gasteiger partial charge in [0.1, 0.15) is 10.7 Å². The molecule has 1 saturated heterocycles. The fourth-order valence-corrected chi connectivity index (χ4v) is 5.45. The number of hydrogen-bond donors (Lipinski definition) is 1. The van der Waals surface area contributed by atoms with E-state index in [1.165, 1.54) is 11.6 Å². The summed E-state index contributed by atoms with van der Waals surface area (Å²) in [5, 5.41) is 2.97. The van der Waals surface area contributed by atoms with E-state index >= 15 is 0 Å². The number of carbonyl (C=O) groups excluding carboxylic acids is 1. The van der Waals surface area contributed by atoms with Gasteiger partial charge in [-0.3, -0.25) is 4.79 Å². The smallest absolute Gasteiger partial charge is 0.286 e. The average molecular weight is 426 g/mol. The molecule has 0 radical (unpaired) electrons. The van der Waals surface area contributed by atoms with E-state index in [-0.39, 0.29) is 16.7 Å². The second-order valence-corrected chi connectivity index (χ2v) is 9.43. The predicted molar refractivity (Wildman–Crippen MR) is 119 cm³/mol. The van der Waals surface area contributed by atoms with Crippen LogP contribution in [0.1, 0.15) is 60.9 Å². The van der Waals surface area contributed by atoms with E-state index in [0.717, 1.165) is 32.2 Å². The Labute approximate surface area is 178 Å². The number of amidine groups is 1. The lowest BCUT2D eigenvalue weighted by molar-refractivity contribution is 0.0950. The zero-order valence-electron chi connectivity index (χ0n) is 17.2. The van der Waals surface area contributed by atoms with E-state index < -0.39 is 10.0 Å². The summed E-state index contributed by atoms with van der Waals surface area (Å²) in [5.41, 5.74) is 2.15. The summed E-state index contributed by atoms with van der Waals surface area (Å²) >= 11 is 0. The minimum atomic E-state index is -3.80. The molecule has 0 aromatic heterocycles. The molecule has 30 heavy (non-hydrogen) atoms. The van der Waals surface area contributed by atoms with Crippen molar-refractivity contribution >= 4 is 27.5 Å². The predicted octanol–water partition coefficient (Wildman–Crippen LogP) is 4.09. The first-order chi connectivity index (χ1) is 14.5. The van der Waals surface area contributed by atoms with E-state index in [1.54, 1.807) is 12.1 Å². The second-order valence-electron chi connectivity index (χ2n) is 7.85. The van der Waals surface area contributed by atoms with Crippen molar-refractivity contribution in [3.8, 4) is 0 Å². The van der Waals surface area contributed by atoms with Crippen LogP contribution in [-0.2, 0) is 10.0 Å². The van der Waals surface area contributed by atoms with Crippen molar-refractivity contribution < 1.29 is 13.2 Å². The Morgan fingerprint density at radius 2 is 1.93 bits per heavy atom. The third kappa shape index (κ3) is 4.12. The number of carbonyl (C=O) groups is 1. The van der Waals surface area contributed by atoms with Crippen LogP contribution < -0.4 is 10.2 Å². The Kier molecular flexibility index (Phi) is 5.90. The van der Waals surface area contributed by atoms with E-state index in [0.29, 0.717) is 30.1 Å². The summed E-state index contributed by atoms with van der Waals surface area (Å²) in [6.45, 7) is 3.34. The van der Waals surface area contributed by atoms with Gasteiger partial charge in [0.05, 0.1) is 5.69 Å². The van der Waals surface area contributed by atoms with Crippen molar-refractivity contribution in [2.75, 3.05) is 18.0 Å². The van der Waals surface area contributed by atoms with Gasteiger partial charge in [-0.05, 0) is 43.0 Å². The molecule has 6 nitrogen and oxygen atoms in total. The number of sulfonamides is 1. The van der Waals surface area contributed by atoms with Crippen molar-refractivity contribution in [2.45, 2.75) is 49.8 Å². The van der Waals surface area contributed by atoms with Crippen LogP contribution in [0.2, 0.25) is 0 Å². The molecule has 7 heteroatoms. The van der Waals surface area contributed by atoms with Crippen molar-refractivity contribution in [1.82, 2.24) is 5.32 Å². The lowest BCUT2D eigenvalue weighted by atomic mass is 9.96. The summed E-state index contributed by atoms with van der Waals surface area (Å²) in [4.78, 5) is 14.9. The standard InChI is InChI=1S/C23H27N3O3S/c1-2-17(18-9-5-3-6-10-18)16-24-23(27)19-12-13-20-21(15-19)30(28,29)25-22-11-7-4-8-14-26(20)22/h3,5-6,9-10,12-13,15,17H,2,4,7-8,11,14,16H2,1H3,(H,24,27)/t17-/m1/s1.